The van der Waals surface area contributed by atoms with E-state index in [0.717, 1.165) is 27.5 Å². The fraction of sp³-hybridized carbons (Fsp3) is 0. The lowest BCUT2D eigenvalue weighted by molar-refractivity contribution is 0.631. The van der Waals surface area contributed by atoms with Crippen molar-refractivity contribution in [3.63, 3.8) is 0 Å². The van der Waals surface area contributed by atoms with Gasteiger partial charge in [-0.05, 0) is 29.8 Å². The van der Waals surface area contributed by atoms with Gasteiger partial charge in [-0.2, -0.15) is 0 Å². The van der Waals surface area contributed by atoms with Crippen LogP contribution in [-0.4, -0.2) is 0 Å². The van der Waals surface area contributed by atoms with Gasteiger partial charge in [-0.25, -0.2) is 4.39 Å². The van der Waals surface area contributed by atoms with Crippen molar-refractivity contribution in [3.8, 4) is 11.1 Å². The average molecular weight is 262 g/mol. The molecule has 1 aromatic heterocycles. The molecular formula is C18H11FO. The highest BCUT2D eigenvalue weighted by molar-refractivity contribution is 6.05. The Morgan fingerprint density at radius 2 is 1.45 bits per heavy atom. The second-order valence-corrected chi connectivity index (χ2v) is 4.79. The molecule has 96 valence electrons. The minimum atomic E-state index is -0.219. The third kappa shape index (κ3) is 1.62. The molecule has 0 N–H and O–H groups in total. The van der Waals surface area contributed by atoms with Gasteiger partial charge in [0.05, 0.1) is 0 Å². The first-order chi connectivity index (χ1) is 9.83. The Hall–Kier alpha value is -2.61. The van der Waals surface area contributed by atoms with Crippen LogP contribution in [0.15, 0.2) is 71.1 Å². The maximum atomic E-state index is 13.8. The van der Waals surface area contributed by atoms with Crippen molar-refractivity contribution in [2.24, 2.45) is 0 Å². The van der Waals surface area contributed by atoms with Crippen molar-refractivity contribution in [1.29, 1.82) is 0 Å². The van der Waals surface area contributed by atoms with Gasteiger partial charge < -0.3 is 4.42 Å². The summed E-state index contributed by atoms with van der Waals surface area (Å²) in [7, 11) is 0. The zero-order chi connectivity index (χ0) is 13.5. The average Bonchev–Trinajstić information content (AvgIpc) is 2.85. The fourth-order valence-corrected chi connectivity index (χ4v) is 2.59. The highest BCUT2D eigenvalue weighted by Gasteiger charge is 2.09. The number of benzene rings is 3. The Bertz CT molecular complexity index is 921. The van der Waals surface area contributed by atoms with E-state index in [0.29, 0.717) is 5.56 Å². The summed E-state index contributed by atoms with van der Waals surface area (Å²) in [6.45, 7) is 0. The van der Waals surface area contributed by atoms with Gasteiger partial charge >= 0.3 is 0 Å². The summed E-state index contributed by atoms with van der Waals surface area (Å²) < 4.78 is 19.7. The van der Waals surface area contributed by atoms with Crippen molar-refractivity contribution in [2.45, 2.75) is 0 Å². The molecule has 4 rings (SSSR count). The lowest BCUT2D eigenvalue weighted by Gasteiger charge is -2.02. The van der Waals surface area contributed by atoms with E-state index in [1.807, 2.05) is 48.5 Å². The number of hydrogen-bond acceptors (Lipinski definition) is 1. The quantitative estimate of drug-likeness (QED) is 0.448. The molecule has 0 aliphatic rings. The largest absolute Gasteiger partial charge is 0.456 e. The van der Waals surface area contributed by atoms with Crippen molar-refractivity contribution < 1.29 is 8.81 Å². The number of hydrogen-bond donors (Lipinski definition) is 0. The molecule has 0 amide bonds. The van der Waals surface area contributed by atoms with Crippen LogP contribution >= 0.6 is 0 Å². The first-order valence-electron chi connectivity index (χ1n) is 6.49. The summed E-state index contributed by atoms with van der Waals surface area (Å²) in [4.78, 5) is 0. The van der Waals surface area contributed by atoms with Crippen LogP contribution < -0.4 is 0 Å². The molecule has 0 aliphatic carbocycles. The molecule has 0 spiro atoms. The van der Waals surface area contributed by atoms with Gasteiger partial charge in [0, 0.05) is 16.3 Å². The van der Waals surface area contributed by atoms with E-state index >= 15 is 0 Å². The predicted octanol–water partition coefficient (Wildman–Crippen LogP) is 5.39. The van der Waals surface area contributed by atoms with E-state index in [9.17, 15) is 4.39 Å². The van der Waals surface area contributed by atoms with E-state index in [2.05, 4.69) is 0 Å². The standard InChI is InChI=1S/C18H11FO/c19-16-7-3-1-5-13(16)12-9-10-15-14-6-2-4-8-17(14)20-18(15)11-12/h1-11H. The Balaban J connectivity index is 2.00. The first kappa shape index (κ1) is 11.2. The molecule has 0 unspecified atom stereocenters. The Morgan fingerprint density at radius 3 is 2.35 bits per heavy atom. The molecule has 0 bridgehead atoms. The first-order valence-corrected chi connectivity index (χ1v) is 6.49. The Labute approximate surface area is 115 Å². The van der Waals surface area contributed by atoms with Crippen LogP contribution in [-0.2, 0) is 0 Å². The molecular weight excluding hydrogens is 251 g/mol. The zero-order valence-corrected chi connectivity index (χ0v) is 10.6. The third-order valence-electron chi connectivity index (χ3n) is 3.56. The minimum Gasteiger partial charge on any atom is -0.456 e. The highest BCUT2D eigenvalue weighted by atomic mass is 19.1. The van der Waals surface area contributed by atoms with Gasteiger partial charge in [0.15, 0.2) is 0 Å². The summed E-state index contributed by atoms with van der Waals surface area (Å²) >= 11 is 0. The molecule has 3 aromatic carbocycles. The molecule has 0 saturated carbocycles. The number of fused-ring (bicyclic) bond motifs is 3. The lowest BCUT2D eigenvalue weighted by atomic mass is 10.0. The van der Waals surface area contributed by atoms with Crippen LogP contribution in [0, 0.1) is 5.82 Å². The van der Waals surface area contributed by atoms with Gasteiger partial charge in [0.25, 0.3) is 0 Å². The van der Waals surface area contributed by atoms with E-state index in [1.165, 1.54) is 6.07 Å². The highest BCUT2D eigenvalue weighted by Crippen LogP contribution is 2.32. The summed E-state index contributed by atoms with van der Waals surface area (Å²) in [5.74, 6) is -0.219. The molecule has 4 aromatic rings. The number of furan rings is 1. The predicted molar refractivity (Wildman–Crippen MR) is 79.1 cm³/mol. The normalized spacial score (nSPS) is 11.2. The van der Waals surface area contributed by atoms with Crippen LogP contribution in [0.25, 0.3) is 33.1 Å². The van der Waals surface area contributed by atoms with Crippen LogP contribution in [0.1, 0.15) is 0 Å². The van der Waals surface area contributed by atoms with E-state index in [1.54, 1.807) is 12.1 Å². The molecule has 0 saturated heterocycles. The lowest BCUT2D eigenvalue weighted by Crippen LogP contribution is -1.82. The molecule has 2 heteroatoms. The molecule has 1 nitrogen and oxygen atoms in total. The van der Waals surface area contributed by atoms with Crippen molar-refractivity contribution in [1.82, 2.24) is 0 Å². The maximum Gasteiger partial charge on any atom is 0.136 e. The zero-order valence-electron chi connectivity index (χ0n) is 10.6. The monoisotopic (exact) mass is 262 g/mol. The van der Waals surface area contributed by atoms with Crippen LogP contribution in [0.2, 0.25) is 0 Å². The van der Waals surface area contributed by atoms with Crippen LogP contribution in [0.3, 0.4) is 0 Å². The Morgan fingerprint density at radius 1 is 0.700 bits per heavy atom. The van der Waals surface area contributed by atoms with Gasteiger partial charge in [0.1, 0.15) is 17.0 Å². The van der Waals surface area contributed by atoms with Crippen LogP contribution in [0.5, 0.6) is 0 Å². The number of para-hydroxylation sites is 1. The maximum absolute atomic E-state index is 13.8. The third-order valence-corrected chi connectivity index (χ3v) is 3.56. The molecule has 1 heterocycles. The van der Waals surface area contributed by atoms with Crippen LogP contribution in [0.4, 0.5) is 4.39 Å². The second-order valence-electron chi connectivity index (χ2n) is 4.79. The molecule has 0 atom stereocenters. The molecule has 0 aliphatic heterocycles. The van der Waals surface area contributed by atoms with Crippen molar-refractivity contribution in [3.05, 3.63) is 72.5 Å². The fourth-order valence-electron chi connectivity index (χ4n) is 2.59. The van der Waals surface area contributed by atoms with Crippen molar-refractivity contribution >= 4 is 21.9 Å². The number of rotatable bonds is 1. The van der Waals surface area contributed by atoms with Crippen molar-refractivity contribution in [2.75, 3.05) is 0 Å². The number of halogens is 1. The van der Waals surface area contributed by atoms with E-state index < -0.39 is 0 Å². The summed E-state index contributed by atoms with van der Waals surface area (Å²) in [5, 5.41) is 2.14. The summed E-state index contributed by atoms with van der Waals surface area (Å²) in [5.41, 5.74) is 3.06. The van der Waals surface area contributed by atoms with E-state index in [4.69, 9.17) is 4.42 Å². The van der Waals surface area contributed by atoms with Gasteiger partial charge in [0.2, 0.25) is 0 Å². The smallest absolute Gasteiger partial charge is 0.136 e. The Kier molecular flexibility index (Phi) is 2.36. The minimum absolute atomic E-state index is 0.219. The SMILES string of the molecule is Fc1ccccc1-c1ccc2c(c1)oc1ccccc12. The van der Waals surface area contributed by atoms with Gasteiger partial charge in [-0.3, -0.25) is 0 Å². The molecule has 0 fully saturated rings. The molecule has 20 heavy (non-hydrogen) atoms. The van der Waals surface area contributed by atoms with Gasteiger partial charge in [-0.15, -0.1) is 0 Å². The second kappa shape index (κ2) is 4.20. The topological polar surface area (TPSA) is 13.1 Å². The van der Waals surface area contributed by atoms with Gasteiger partial charge in [-0.1, -0.05) is 42.5 Å². The summed E-state index contributed by atoms with van der Waals surface area (Å²) in [6, 6.07) is 20.5. The molecule has 0 radical (unpaired) electrons. The van der Waals surface area contributed by atoms with E-state index in [-0.39, 0.29) is 5.82 Å². The summed E-state index contributed by atoms with van der Waals surface area (Å²) in [6.07, 6.45) is 0.